The monoisotopic (exact) mass is 307 g/mol. The highest BCUT2D eigenvalue weighted by Gasteiger charge is 2.16. The van der Waals surface area contributed by atoms with Gasteiger partial charge >= 0.3 is 0 Å². The van der Waals surface area contributed by atoms with Crippen molar-refractivity contribution in [3.05, 3.63) is 17.7 Å². The molecule has 2 aliphatic rings. The van der Waals surface area contributed by atoms with Crippen LogP contribution in [0.4, 0.5) is 0 Å². The van der Waals surface area contributed by atoms with Crippen molar-refractivity contribution in [2.24, 2.45) is 5.92 Å². The fourth-order valence-corrected chi connectivity index (χ4v) is 3.86. The van der Waals surface area contributed by atoms with Gasteiger partial charge in [0.1, 0.15) is 13.2 Å². The lowest BCUT2D eigenvalue weighted by Crippen LogP contribution is -2.24. The van der Waals surface area contributed by atoms with Crippen LogP contribution < -0.4 is 14.8 Å². The molecule has 0 radical (unpaired) electrons. The Kier molecular flexibility index (Phi) is 5.31. The van der Waals surface area contributed by atoms with Crippen molar-refractivity contribution in [2.45, 2.75) is 43.5 Å². The van der Waals surface area contributed by atoms with Gasteiger partial charge in [0.05, 0.1) is 0 Å². The van der Waals surface area contributed by atoms with E-state index < -0.39 is 0 Å². The van der Waals surface area contributed by atoms with Crippen LogP contribution in [0.25, 0.3) is 0 Å². The van der Waals surface area contributed by atoms with Crippen molar-refractivity contribution < 1.29 is 9.47 Å². The Bertz CT molecular complexity index is 472. The molecule has 1 saturated carbocycles. The van der Waals surface area contributed by atoms with Crippen molar-refractivity contribution in [3.8, 4) is 11.5 Å². The standard InChI is InChI=1S/C17H25NO2S/c1-21-17-10-16-15(19-7-8-20-16)9-14(17)12-18-11-13-5-3-2-4-6-13/h9-10,13,18H,2-8,11-12H2,1H3. The molecule has 1 N–H and O–H groups in total. The van der Waals surface area contributed by atoms with Crippen molar-refractivity contribution in [1.82, 2.24) is 5.32 Å². The Labute approximate surface area is 131 Å². The Morgan fingerprint density at radius 3 is 2.52 bits per heavy atom. The van der Waals surface area contributed by atoms with Crippen LogP contribution in [-0.2, 0) is 6.54 Å². The van der Waals surface area contributed by atoms with E-state index in [0.29, 0.717) is 13.2 Å². The molecule has 3 nitrogen and oxygen atoms in total. The van der Waals surface area contributed by atoms with Crippen molar-refractivity contribution in [3.63, 3.8) is 0 Å². The number of ether oxygens (including phenoxy) is 2. The van der Waals surface area contributed by atoms with Gasteiger partial charge in [-0.2, -0.15) is 0 Å². The minimum Gasteiger partial charge on any atom is -0.486 e. The maximum atomic E-state index is 5.70. The molecular formula is C17H25NO2S. The van der Waals surface area contributed by atoms with Gasteiger partial charge in [-0.1, -0.05) is 19.3 Å². The Morgan fingerprint density at radius 2 is 1.81 bits per heavy atom. The van der Waals surface area contributed by atoms with E-state index in [-0.39, 0.29) is 0 Å². The predicted molar refractivity (Wildman–Crippen MR) is 87.5 cm³/mol. The Hall–Kier alpha value is -0.870. The predicted octanol–water partition coefficient (Wildman–Crippen LogP) is 3.85. The second kappa shape index (κ2) is 7.41. The van der Waals surface area contributed by atoms with Crippen molar-refractivity contribution in [1.29, 1.82) is 0 Å². The molecule has 4 heteroatoms. The molecule has 0 atom stereocenters. The molecule has 1 fully saturated rings. The minimum atomic E-state index is 0.653. The highest BCUT2D eigenvalue weighted by molar-refractivity contribution is 7.98. The lowest BCUT2D eigenvalue weighted by Gasteiger charge is -2.23. The van der Waals surface area contributed by atoms with Crippen LogP contribution in [0.2, 0.25) is 0 Å². The van der Waals surface area contributed by atoms with E-state index in [4.69, 9.17) is 9.47 Å². The van der Waals surface area contributed by atoms with E-state index in [0.717, 1.165) is 30.5 Å². The van der Waals surface area contributed by atoms with Gasteiger partial charge in [-0.15, -0.1) is 11.8 Å². The molecule has 0 bridgehead atoms. The topological polar surface area (TPSA) is 30.5 Å². The molecule has 1 aromatic carbocycles. The third kappa shape index (κ3) is 3.86. The highest BCUT2D eigenvalue weighted by Crippen LogP contribution is 2.36. The van der Waals surface area contributed by atoms with E-state index >= 15 is 0 Å². The fraction of sp³-hybridized carbons (Fsp3) is 0.647. The molecule has 1 heterocycles. The van der Waals surface area contributed by atoms with Crippen molar-refractivity contribution >= 4 is 11.8 Å². The summed E-state index contributed by atoms with van der Waals surface area (Å²) in [6, 6.07) is 4.27. The SMILES string of the molecule is CSc1cc2c(cc1CNCC1CCCCC1)OCCO2. The number of thioether (sulfide) groups is 1. The van der Waals surface area contributed by atoms with E-state index in [9.17, 15) is 0 Å². The molecule has 0 aromatic heterocycles. The van der Waals surface area contributed by atoms with Crippen LogP contribution in [0.1, 0.15) is 37.7 Å². The van der Waals surface area contributed by atoms with E-state index in [1.165, 1.54) is 42.6 Å². The number of fused-ring (bicyclic) bond motifs is 1. The maximum Gasteiger partial charge on any atom is 0.162 e. The van der Waals surface area contributed by atoms with E-state index in [1.54, 1.807) is 11.8 Å². The molecule has 0 amide bonds. The first-order valence-electron chi connectivity index (χ1n) is 8.04. The first-order chi connectivity index (χ1) is 10.4. The molecule has 21 heavy (non-hydrogen) atoms. The average Bonchev–Trinajstić information content (AvgIpc) is 2.55. The summed E-state index contributed by atoms with van der Waals surface area (Å²) in [5.41, 5.74) is 1.32. The molecule has 1 aromatic rings. The van der Waals surface area contributed by atoms with Gasteiger partial charge < -0.3 is 14.8 Å². The Balaban J connectivity index is 1.61. The molecule has 0 saturated heterocycles. The summed E-state index contributed by atoms with van der Waals surface area (Å²) in [7, 11) is 0. The lowest BCUT2D eigenvalue weighted by atomic mass is 9.89. The molecule has 1 aliphatic carbocycles. The zero-order chi connectivity index (χ0) is 14.5. The van der Waals surface area contributed by atoms with Gasteiger partial charge in [0.25, 0.3) is 0 Å². The first kappa shape index (κ1) is 15.0. The van der Waals surface area contributed by atoms with Gasteiger partial charge in [0.2, 0.25) is 0 Å². The third-order valence-corrected chi connectivity index (χ3v) is 5.24. The molecule has 0 unspecified atom stereocenters. The van der Waals surface area contributed by atoms with E-state index in [1.807, 2.05) is 0 Å². The van der Waals surface area contributed by atoms with E-state index in [2.05, 4.69) is 23.7 Å². The van der Waals surface area contributed by atoms with Crippen LogP contribution in [0.3, 0.4) is 0 Å². The van der Waals surface area contributed by atoms with Crippen molar-refractivity contribution in [2.75, 3.05) is 26.0 Å². The van der Waals surface area contributed by atoms with Crippen LogP contribution in [-0.4, -0.2) is 26.0 Å². The average molecular weight is 307 g/mol. The van der Waals surface area contributed by atoms with Gasteiger partial charge in [0, 0.05) is 11.4 Å². The quantitative estimate of drug-likeness (QED) is 0.837. The highest BCUT2D eigenvalue weighted by atomic mass is 32.2. The summed E-state index contributed by atoms with van der Waals surface area (Å²) in [6.45, 7) is 3.37. The number of nitrogens with one attached hydrogen (secondary N) is 1. The van der Waals surface area contributed by atoms with Gasteiger partial charge in [-0.3, -0.25) is 0 Å². The fourth-order valence-electron chi connectivity index (χ4n) is 3.24. The Morgan fingerprint density at radius 1 is 1.10 bits per heavy atom. The number of benzene rings is 1. The second-order valence-electron chi connectivity index (χ2n) is 5.94. The molecular weight excluding hydrogens is 282 g/mol. The molecule has 116 valence electrons. The molecule has 0 spiro atoms. The van der Waals surface area contributed by atoms with Gasteiger partial charge in [-0.25, -0.2) is 0 Å². The van der Waals surface area contributed by atoms with Crippen LogP contribution >= 0.6 is 11.8 Å². The molecule has 1 aliphatic heterocycles. The zero-order valence-corrected chi connectivity index (χ0v) is 13.6. The summed E-state index contributed by atoms with van der Waals surface area (Å²) in [6.07, 6.45) is 9.15. The molecule has 3 rings (SSSR count). The normalized spacial score (nSPS) is 18.7. The largest absolute Gasteiger partial charge is 0.486 e. The van der Waals surface area contributed by atoms with Crippen LogP contribution in [0, 0.1) is 5.92 Å². The minimum absolute atomic E-state index is 0.653. The maximum absolute atomic E-state index is 5.70. The van der Waals surface area contributed by atoms with Gasteiger partial charge in [0.15, 0.2) is 11.5 Å². The third-order valence-electron chi connectivity index (χ3n) is 4.42. The van der Waals surface area contributed by atoms with Gasteiger partial charge in [-0.05, 0) is 49.3 Å². The number of hydrogen-bond acceptors (Lipinski definition) is 4. The second-order valence-corrected chi connectivity index (χ2v) is 6.79. The summed E-state index contributed by atoms with van der Waals surface area (Å²) < 4.78 is 11.4. The summed E-state index contributed by atoms with van der Waals surface area (Å²) >= 11 is 1.78. The summed E-state index contributed by atoms with van der Waals surface area (Å²) in [4.78, 5) is 1.29. The number of hydrogen-bond donors (Lipinski definition) is 1. The number of rotatable bonds is 5. The summed E-state index contributed by atoms with van der Waals surface area (Å²) in [5.74, 6) is 2.66. The van der Waals surface area contributed by atoms with Crippen LogP contribution in [0.15, 0.2) is 17.0 Å². The van der Waals surface area contributed by atoms with Crippen LogP contribution in [0.5, 0.6) is 11.5 Å². The smallest absolute Gasteiger partial charge is 0.162 e. The first-order valence-corrected chi connectivity index (χ1v) is 9.26. The zero-order valence-electron chi connectivity index (χ0n) is 12.8. The lowest BCUT2D eigenvalue weighted by molar-refractivity contribution is 0.171. The summed E-state index contributed by atoms with van der Waals surface area (Å²) in [5, 5.41) is 3.64.